The molecule has 0 amide bonds. The Hall–Kier alpha value is -2.21. The lowest BCUT2D eigenvalue weighted by Crippen LogP contribution is -2.22. The van der Waals surface area contributed by atoms with Gasteiger partial charge in [-0.25, -0.2) is 17.7 Å². The number of thioether (sulfide) groups is 1. The van der Waals surface area contributed by atoms with Crippen molar-refractivity contribution in [2.75, 3.05) is 14.1 Å². The lowest BCUT2D eigenvalue weighted by molar-refractivity contribution is 0.486. The van der Waals surface area contributed by atoms with Crippen molar-refractivity contribution in [3.63, 3.8) is 0 Å². The number of hydrogen-bond donors (Lipinski definition) is 0. The van der Waals surface area contributed by atoms with Crippen LogP contribution < -0.4 is 0 Å². The Bertz CT molecular complexity index is 1280. The summed E-state index contributed by atoms with van der Waals surface area (Å²) in [4.78, 5) is 4.52. The van der Waals surface area contributed by atoms with Crippen LogP contribution in [0.25, 0.3) is 22.6 Å². The van der Waals surface area contributed by atoms with Crippen LogP contribution in [0.1, 0.15) is 5.89 Å². The normalized spacial score (nSPS) is 12.1. The summed E-state index contributed by atoms with van der Waals surface area (Å²) in [7, 11) is -0.569. The Balaban J connectivity index is 1.51. The van der Waals surface area contributed by atoms with Gasteiger partial charge >= 0.3 is 0 Å². The molecule has 29 heavy (non-hydrogen) atoms. The number of hydrogen-bond acceptors (Lipinski definition) is 8. The molecule has 2 aromatic heterocycles. The molecular weight excluding hydrogens is 480 g/mol. The van der Waals surface area contributed by atoms with Crippen LogP contribution in [-0.4, -0.2) is 42.0 Å². The second-order valence-corrected chi connectivity index (χ2v) is 10.1. The highest BCUT2D eigenvalue weighted by molar-refractivity contribution is 9.10. The van der Waals surface area contributed by atoms with Gasteiger partial charge < -0.3 is 8.83 Å². The van der Waals surface area contributed by atoms with Crippen LogP contribution in [0.3, 0.4) is 0 Å². The van der Waals surface area contributed by atoms with Gasteiger partial charge in [0.1, 0.15) is 5.52 Å². The Morgan fingerprint density at radius 2 is 1.90 bits per heavy atom. The van der Waals surface area contributed by atoms with Gasteiger partial charge in [-0.15, -0.1) is 10.2 Å². The molecule has 8 nitrogen and oxygen atoms in total. The van der Waals surface area contributed by atoms with Gasteiger partial charge in [-0.1, -0.05) is 23.9 Å². The maximum atomic E-state index is 12.3. The van der Waals surface area contributed by atoms with Crippen molar-refractivity contribution in [1.29, 1.82) is 0 Å². The molecule has 4 aromatic rings. The molecule has 2 aromatic carbocycles. The van der Waals surface area contributed by atoms with Crippen molar-refractivity contribution in [3.8, 4) is 11.5 Å². The predicted octanol–water partition coefficient (Wildman–Crippen LogP) is 4.18. The van der Waals surface area contributed by atoms with Gasteiger partial charge in [0.25, 0.3) is 5.22 Å². The highest BCUT2D eigenvalue weighted by Gasteiger charge is 2.19. The Kier molecular flexibility index (Phi) is 5.47. The molecule has 0 fully saturated rings. The summed E-state index contributed by atoms with van der Waals surface area (Å²) in [5.74, 6) is 1.22. The molecule has 0 bridgehead atoms. The van der Waals surface area contributed by atoms with Crippen LogP contribution in [0.2, 0.25) is 0 Å². The molecule has 0 spiro atoms. The number of halogens is 1. The maximum Gasteiger partial charge on any atom is 0.257 e. The number of nitrogens with zero attached hydrogens (tertiary/aromatic N) is 4. The molecule has 4 rings (SSSR count). The third-order valence-electron chi connectivity index (χ3n) is 4.01. The highest BCUT2D eigenvalue weighted by Crippen LogP contribution is 2.30. The number of sulfonamides is 1. The van der Waals surface area contributed by atoms with Crippen molar-refractivity contribution in [1.82, 2.24) is 19.5 Å². The summed E-state index contributed by atoms with van der Waals surface area (Å²) in [5, 5.41) is 8.52. The minimum absolute atomic E-state index is 0.162. The first kappa shape index (κ1) is 20.1. The number of fused-ring (bicyclic) bond motifs is 1. The fourth-order valence-corrected chi connectivity index (χ4v) is 4.55. The van der Waals surface area contributed by atoms with E-state index < -0.39 is 10.0 Å². The van der Waals surface area contributed by atoms with Gasteiger partial charge in [-0.05, 0) is 46.3 Å². The largest absolute Gasteiger partial charge is 0.431 e. The van der Waals surface area contributed by atoms with Gasteiger partial charge in [0.15, 0.2) is 5.58 Å². The predicted molar refractivity (Wildman–Crippen MR) is 112 cm³/mol. The van der Waals surface area contributed by atoms with E-state index in [1.165, 1.54) is 38.0 Å². The van der Waals surface area contributed by atoms with Gasteiger partial charge in [-0.3, -0.25) is 0 Å². The zero-order chi connectivity index (χ0) is 20.6. The summed E-state index contributed by atoms with van der Waals surface area (Å²) in [6, 6.07) is 12.2. The zero-order valence-corrected chi connectivity index (χ0v) is 18.6. The zero-order valence-electron chi connectivity index (χ0n) is 15.4. The van der Waals surface area contributed by atoms with E-state index in [4.69, 9.17) is 8.83 Å². The molecule has 0 aliphatic rings. The first-order chi connectivity index (χ1) is 13.8. The second-order valence-electron chi connectivity index (χ2n) is 6.17. The van der Waals surface area contributed by atoms with Crippen molar-refractivity contribution in [3.05, 3.63) is 52.8 Å². The SMILES string of the molecule is CN(C)S(=O)(=O)c1ccc2oc(SCc3nnc(-c4ccccc4Br)o3)nc2c1. The molecule has 0 aliphatic carbocycles. The number of oxazole rings is 1. The van der Waals surface area contributed by atoms with Crippen LogP contribution in [-0.2, 0) is 15.8 Å². The molecular formula is C18H15BrN4O4S2. The fraction of sp³-hybridized carbons (Fsp3) is 0.167. The average Bonchev–Trinajstić information content (AvgIpc) is 3.32. The Labute approximate surface area is 179 Å². The molecule has 0 aliphatic heterocycles. The summed E-state index contributed by atoms with van der Waals surface area (Å²) in [5.41, 5.74) is 1.78. The second kappa shape index (κ2) is 7.90. The molecule has 11 heteroatoms. The number of benzene rings is 2. The molecule has 0 unspecified atom stereocenters. The lowest BCUT2D eigenvalue weighted by Gasteiger charge is -2.10. The topological polar surface area (TPSA) is 102 Å². The van der Waals surface area contributed by atoms with E-state index in [9.17, 15) is 8.42 Å². The molecule has 0 atom stereocenters. The quantitative estimate of drug-likeness (QED) is 0.367. The highest BCUT2D eigenvalue weighted by atomic mass is 79.9. The van der Waals surface area contributed by atoms with Gasteiger partial charge in [0.2, 0.25) is 21.8 Å². The molecule has 150 valence electrons. The summed E-state index contributed by atoms with van der Waals surface area (Å²) < 4.78 is 37.9. The molecule has 0 N–H and O–H groups in total. The van der Waals surface area contributed by atoms with Crippen LogP contribution in [0, 0.1) is 0 Å². The van der Waals surface area contributed by atoms with Crippen molar-refractivity contribution in [2.24, 2.45) is 0 Å². The lowest BCUT2D eigenvalue weighted by atomic mass is 10.2. The Morgan fingerprint density at radius 1 is 1.10 bits per heavy atom. The van der Waals surface area contributed by atoms with Crippen LogP contribution >= 0.6 is 27.7 Å². The van der Waals surface area contributed by atoms with Crippen LogP contribution in [0.5, 0.6) is 0 Å². The fourth-order valence-electron chi connectivity index (χ4n) is 2.50. The van der Waals surface area contributed by atoms with Crippen molar-refractivity contribution >= 4 is 48.8 Å². The third kappa shape index (κ3) is 4.08. The first-order valence-electron chi connectivity index (χ1n) is 8.38. The van der Waals surface area contributed by atoms with E-state index >= 15 is 0 Å². The van der Waals surface area contributed by atoms with Crippen LogP contribution in [0.15, 0.2) is 65.9 Å². The minimum Gasteiger partial charge on any atom is -0.431 e. The summed E-state index contributed by atoms with van der Waals surface area (Å²) >= 11 is 4.75. The van der Waals surface area contributed by atoms with Gasteiger partial charge in [0.05, 0.1) is 16.2 Å². The molecule has 2 heterocycles. The molecule has 0 saturated carbocycles. The maximum absolute atomic E-state index is 12.3. The number of rotatable bonds is 6. The van der Waals surface area contributed by atoms with Crippen LogP contribution in [0.4, 0.5) is 0 Å². The summed E-state index contributed by atoms with van der Waals surface area (Å²) in [6.07, 6.45) is 0. The standard InChI is InChI=1S/C18H15BrN4O4S2/c1-23(2)29(24,25)11-7-8-15-14(9-11)20-18(26-15)28-10-16-21-22-17(27-16)12-5-3-4-6-13(12)19/h3-9H,10H2,1-2H3. The minimum atomic E-state index is -3.53. The van der Waals surface area contributed by atoms with E-state index in [1.54, 1.807) is 6.07 Å². The molecule has 0 saturated heterocycles. The first-order valence-corrected chi connectivity index (χ1v) is 11.6. The van der Waals surface area contributed by atoms with E-state index in [2.05, 4.69) is 31.1 Å². The number of aromatic nitrogens is 3. The smallest absolute Gasteiger partial charge is 0.257 e. The van der Waals surface area contributed by atoms with E-state index in [0.717, 1.165) is 14.3 Å². The van der Waals surface area contributed by atoms with Crippen molar-refractivity contribution in [2.45, 2.75) is 15.9 Å². The summed E-state index contributed by atoms with van der Waals surface area (Å²) in [6.45, 7) is 0. The monoisotopic (exact) mass is 494 g/mol. The van der Waals surface area contributed by atoms with E-state index in [1.807, 2.05) is 24.3 Å². The van der Waals surface area contributed by atoms with E-state index in [0.29, 0.717) is 33.9 Å². The average molecular weight is 495 g/mol. The van der Waals surface area contributed by atoms with Gasteiger partial charge in [0, 0.05) is 18.6 Å². The third-order valence-corrected chi connectivity index (χ3v) is 7.32. The van der Waals surface area contributed by atoms with Gasteiger partial charge in [-0.2, -0.15) is 0 Å². The van der Waals surface area contributed by atoms with Crippen molar-refractivity contribution < 1.29 is 17.3 Å². The molecule has 0 radical (unpaired) electrons. The Morgan fingerprint density at radius 3 is 2.66 bits per heavy atom. The van der Waals surface area contributed by atoms with E-state index in [-0.39, 0.29) is 4.90 Å².